The van der Waals surface area contributed by atoms with Crippen molar-refractivity contribution >= 4 is 12.4 Å². The van der Waals surface area contributed by atoms with E-state index in [0.717, 1.165) is 26.1 Å². The summed E-state index contributed by atoms with van der Waals surface area (Å²) in [5.41, 5.74) is 7.41. The number of hydrogen-bond donors (Lipinski definition) is 1. The molecule has 0 aromatic heterocycles. The van der Waals surface area contributed by atoms with E-state index in [1.807, 2.05) is 6.07 Å². The monoisotopic (exact) mass is 227 g/mol. The molecule has 2 rings (SSSR count). The lowest BCUT2D eigenvalue weighted by atomic mass is 9.90. The van der Waals surface area contributed by atoms with Crippen LogP contribution in [0.2, 0.25) is 0 Å². The molecular formula is C12H18ClNO. The molecule has 1 aliphatic heterocycles. The first-order valence-corrected chi connectivity index (χ1v) is 5.23. The van der Waals surface area contributed by atoms with Gasteiger partial charge < -0.3 is 10.5 Å². The molecule has 0 amide bonds. The zero-order valence-corrected chi connectivity index (χ0v) is 9.58. The summed E-state index contributed by atoms with van der Waals surface area (Å²) in [7, 11) is 0. The highest BCUT2D eigenvalue weighted by molar-refractivity contribution is 5.85. The number of benzene rings is 1. The van der Waals surface area contributed by atoms with Gasteiger partial charge in [-0.2, -0.15) is 0 Å². The minimum absolute atomic E-state index is 0. The minimum atomic E-state index is 0. The van der Waals surface area contributed by atoms with Crippen molar-refractivity contribution in [3.8, 4) is 0 Å². The summed E-state index contributed by atoms with van der Waals surface area (Å²) < 4.78 is 5.44. The number of hydrogen-bond acceptors (Lipinski definition) is 2. The maximum Gasteiger partial charge on any atom is 0.0512 e. The van der Waals surface area contributed by atoms with Gasteiger partial charge in [-0.1, -0.05) is 30.3 Å². The average molecular weight is 228 g/mol. The lowest BCUT2D eigenvalue weighted by molar-refractivity contribution is 0.0422. The average Bonchev–Trinajstić information content (AvgIpc) is 2.23. The van der Waals surface area contributed by atoms with Crippen LogP contribution in [0.3, 0.4) is 0 Å². The van der Waals surface area contributed by atoms with Gasteiger partial charge in [0.2, 0.25) is 0 Å². The Morgan fingerprint density at radius 1 is 1.27 bits per heavy atom. The SMILES string of the molecule is Cl.NC1CCOCC1Cc1ccccc1. The molecule has 3 heteroatoms. The Morgan fingerprint density at radius 3 is 2.67 bits per heavy atom. The summed E-state index contributed by atoms with van der Waals surface area (Å²) in [5, 5.41) is 0. The molecule has 0 spiro atoms. The van der Waals surface area contributed by atoms with Crippen LogP contribution in [0.1, 0.15) is 12.0 Å². The highest BCUT2D eigenvalue weighted by Gasteiger charge is 2.22. The molecule has 1 heterocycles. The third-order valence-corrected chi connectivity index (χ3v) is 2.87. The van der Waals surface area contributed by atoms with Gasteiger partial charge in [-0.15, -0.1) is 12.4 Å². The third kappa shape index (κ3) is 3.49. The Labute approximate surface area is 97.2 Å². The molecule has 1 saturated heterocycles. The molecule has 1 fully saturated rings. The first-order chi connectivity index (χ1) is 6.86. The summed E-state index contributed by atoms with van der Waals surface area (Å²) in [4.78, 5) is 0. The van der Waals surface area contributed by atoms with Crippen LogP contribution in [0.15, 0.2) is 30.3 Å². The highest BCUT2D eigenvalue weighted by atomic mass is 35.5. The smallest absolute Gasteiger partial charge is 0.0512 e. The molecule has 0 radical (unpaired) electrons. The standard InChI is InChI=1S/C12H17NO.ClH/c13-12-6-7-14-9-11(12)8-10-4-2-1-3-5-10;/h1-5,11-12H,6-9,13H2;1H. The Morgan fingerprint density at radius 2 is 2.00 bits per heavy atom. The van der Waals surface area contributed by atoms with Crippen molar-refractivity contribution in [1.29, 1.82) is 0 Å². The van der Waals surface area contributed by atoms with Crippen molar-refractivity contribution in [2.45, 2.75) is 18.9 Å². The molecule has 1 aromatic rings. The van der Waals surface area contributed by atoms with Crippen molar-refractivity contribution < 1.29 is 4.74 Å². The van der Waals surface area contributed by atoms with E-state index in [1.165, 1.54) is 5.56 Å². The van der Waals surface area contributed by atoms with Gasteiger partial charge in [-0.3, -0.25) is 0 Å². The molecule has 2 atom stereocenters. The second-order valence-corrected chi connectivity index (χ2v) is 3.98. The lowest BCUT2D eigenvalue weighted by Gasteiger charge is -2.28. The van der Waals surface area contributed by atoms with Crippen LogP contribution in [-0.4, -0.2) is 19.3 Å². The van der Waals surface area contributed by atoms with Gasteiger partial charge >= 0.3 is 0 Å². The molecule has 1 aromatic carbocycles. The van der Waals surface area contributed by atoms with E-state index in [9.17, 15) is 0 Å². The molecule has 0 bridgehead atoms. The molecule has 84 valence electrons. The molecule has 0 aliphatic carbocycles. The first-order valence-electron chi connectivity index (χ1n) is 5.23. The topological polar surface area (TPSA) is 35.2 Å². The largest absolute Gasteiger partial charge is 0.381 e. The molecule has 0 saturated carbocycles. The van der Waals surface area contributed by atoms with Crippen LogP contribution in [0.4, 0.5) is 0 Å². The van der Waals surface area contributed by atoms with Crippen molar-refractivity contribution in [2.75, 3.05) is 13.2 Å². The molecule has 2 nitrogen and oxygen atoms in total. The summed E-state index contributed by atoms with van der Waals surface area (Å²) >= 11 is 0. The number of ether oxygens (including phenoxy) is 1. The van der Waals surface area contributed by atoms with Crippen LogP contribution < -0.4 is 5.73 Å². The normalized spacial score (nSPS) is 25.7. The van der Waals surface area contributed by atoms with Crippen molar-refractivity contribution in [3.05, 3.63) is 35.9 Å². The van der Waals surface area contributed by atoms with Gasteiger partial charge in [-0.05, 0) is 18.4 Å². The Kier molecular flexibility index (Phi) is 5.09. The van der Waals surface area contributed by atoms with E-state index in [1.54, 1.807) is 0 Å². The van der Waals surface area contributed by atoms with Gasteiger partial charge in [0.15, 0.2) is 0 Å². The zero-order valence-electron chi connectivity index (χ0n) is 8.76. The van der Waals surface area contributed by atoms with Crippen LogP contribution in [0, 0.1) is 5.92 Å². The van der Waals surface area contributed by atoms with E-state index in [4.69, 9.17) is 10.5 Å². The number of halogens is 1. The van der Waals surface area contributed by atoms with Crippen molar-refractivity contribution in [1.82, 2.24) is 0 Å². The Hall–Kier alpha value is -0.570. The fourth-order valence-corrected chi connectivity index (χ4v) is 1.94. The van der Waals surface area contributed by atoms with Gasteiger partial charge in [0.05, 0.1) is 6.61 Å². The maximum atomic E-state index is 6.05. The molecule has 1 aliphatic rings. The molecule has 15 heavy (non-hydrogen) atoms. The third-order valence-electron chi connectivity index (χ3n) is 2.87. The van der Waals surface area contributed by atoms with E-state index < -0.39 is 0 Å². The maximum absolute atomic E-state index is 6.05. The van der Waals surface area contributed by atoms with Crippen LogP contribution in [0.25, 0.3) is 0 Å². The predicted molar refractivity (Wildman–Crippen MR) is 64.3 cm³/mol. The van der Waals surface area contributed by atoms with E-state index >= 15 is 0 Å². The molecule has 2 N–H and O–H groups in total. The second kappa shape index (κ2) is 6.11. The number of rotatable bonds is 2. The first kappa shape index (κ1) is 12.5. The van der Waals surface area contributed by atoms with Crippen LogP contribution in [0.5, 0.6) is 0 Å². The summed E-state index contributed by atoms with van der Waals surface area (Å²) in [6, 6.07) is 10.8. The summed E-state index contributed by atoms with van der Waals surface area (Å²) in [5.74, 6) is 0.492. The van der Waals surface area contributed by atoms with E-state index in [-0.39, 0.29) is 12.4 Å². The molecular weight excluding hydrogens is 210 g/mol. The Bertz CT molecular complexity index is 278. The van der Waals surface area contributed by atoms with Crippen LogP contribution in [-0.2, 0) is 11.2 Å². The van der Waals surface area contributed by atoms with Crippen molar-refractivity contribution in [2.24, 2.45) is 11.7 Å². The minimum Gasteiger partial charge on any atom is -0.381 e. The van der Waals surface area contributed by atoms with E-state index in [2.05, 4.69) is 24.3 Å². The fraction of sp³-hybridized carbons (Fsp3) is 0.500. The zero-order chi connectivity index (χ0) is 9.80. The molecule has 2 unspecified atom stereocenters. The Balaban J connectivity index is 0.00000112. The van der Waals surface area contributed by atoms with Gasteiger partial charge in [0, 0.05) is 18.6 Å². The van der Waals surface area contributed by atoms with Gasteiger partial charge in [-0.25, -0.2) is 0 Å². The quantitative estimate of drug-likeness (QED) is 0.839. The van der Waals surface area contributed by atoms with Gasteiger partial charge in [0.1, 0.15) is 0 Å². The summed E-state index contributed by atoms with van der Waals surface area (Å²) in [6.07, 6.45) is 2.04. The highest BCUT2D eigenvalue weighted by Crippen LogP contribution is 2.17. The lowest BCUT2D eigenvalue weighted by Crippen LogP contribution is -2.39. The van der Waals surface area contributed by atoms with E-state index in [0.29, 0.717) is 12.0 Å². The van der Waals surface area contributed by atoms with Crippen molar-refractivity contribution in [3.63, 3.8) is 0 Å². The number of nitrogens with two attached hydrogens (primary N) is 1. The fourth-order valence-electron chi connectivity index (χ4n) is 1.94. The summed E-state index contributed by atoms with van der Waals surface area (Å²) in [6.45, 7) is 1.64. The predicted octanol–water partition coefficient (Wildman–Crippen LogP) is 2.01. The van der Waals surface area contributed by atoms with Crippen LogP contribution >= 0.6 is 12.4 Å². The van der Waals surface area contributed by atoms with Gasteiger partial charge in [0.25, 0.3) is 0 Å². The second-order valence-electron chi connectivity index (χ2n) is 3.98.